The van der Waals surface area contributed by atoms with E-state index in [1.807, 2.05) is 48.5 Å². The van der Waals surface area contributed by atoms with E-state index < -0.39 is 0 Å². The Kier molecular flexibility index (Phi) is 5.97. The van der Waals surface area contributed by atoms with Crippen LogP contribution in [0, 0.1) is 0 Å². The molecule has 2 heteroatoms. The molecular formula is C42H30N2. The molecule has 0 atom stereocenters. The van der Waals surface area contributed by atoms with Crippen LogP contribution in [0.15, 0.2) is 170 Å². The van der Waals surface area contributed by atoms with E-state index in [1.165, 1.54) is 0 Å². The number of benzene rings is 7. The third kappa shape index (κ3) is 4.73. The molecular weight excluding hydrogens is 532 g/mol. The van der Waals surface area contributed by atoms with Gasteiger partial charge in [0, 0.05) is 33.5 Å². The summed E-state index contributed by atoms with van der Waals surface area (Å²) in [6.07, 6.45) is 0. The van der Waals surface area contributed by atoms with Crippen molar-refractivity contribution in [3.63, 3.8) is 0 Å². The maximum absolute atomic E-state index is 9.08. The molecule has 2 nitrogen and oxygen atoms in total. The van der Waals surface area contributed by atoms with Crippen molar-refractivity contribution in [2.45, 2.75) is 0 Å². The Hall–Kier alpha value is -5.86. The number of rotatable bonds is 6. The van der Waals surface area contributed by atoms with Crippen LogP contribution in [0.25, 0.3) is 50.4 Å². The van der Waals surface area contributed by atoms with Gasteiger partial charge in [0.2, 0.25) is 0 Å². The highest BCUT2D eigenvalue weighted by Crippen LogP contribution is 2.36. The third-order valence-electron chi connectivity index (χ3n) is 8.15. The standard InChI is InChI=1S/C42H30N2/c1-4-12-35(13-5-1)43(36-14-6-2-7-15-36)38-26-25-33-28-31(22-24-34(33)30-38)20-21-32-23-27-42-40(29-32)39-18-10-11-19-41(39)44(42)37-16-8-3-9-17-37/h1-30H/i20D,21D. The van der Waals surface area contributed by atoms with E-state index in [2.05, 4.69) is 131 Å². The first-order valence-corrected chi connectivity index (χ1v) is 14.9. The fraction of sp³-hybridized carbons (Fsp3) is 0. The van der Waals surface area contributed by atoms with Gasteiger partial charge in [0.15, 0.2) is 0 Å². The van der Waals surface area contributed by atoms with Crippen LogP contribution >= 0.6 is 0 Å². The van der Waals surface area contributed by atoms with E-state index in [9.17, 15) is 0 Å². The van der Waals surface area contributed by atoms with E-state index >= 15 is 0 Å². The fourth-order valence-electron chi connectivity index (χ4n) is 6.10. The summed E-state index contributed by atoms with van der Waals surface area (Å²) in [7, 11) is 0. The van der Waals surface area contributed by atoms with Gasteiger partial charge in [-0.15, -0.1) is 0 Å². The van der Waals surface area contributed by atoms with Gasteiger partial charge in [-0.1, -0.05) is 109 Å². The lowest BCUT2D eigenvalue weighted by molar-refractivity contribution is 1.18. The average molecular weight is 565 g/mol. The summed E-state index contributed by atoms with van der Waals surface area (Å²) < 4.78 is 20.4. The molecule has 0 N–H and O–H groups in total. The lowest BCUT2D eigenvalue weighted by Gasteiger charge is -2.25. The van der Waals surface area contributed by atoms with Crippen molar-refractivity contribution < 1.29 is 2.74 Å². The molecule has 1 heterocycles. The van der Waals surface area contributed by atoms with Crippen LogP contribution in [0.3, 0.4) is 0 Å². The Balaban J connectivity index is 1.18. The number of nitrogens with zero attached hydrogens (tertiary/aromatic N) is 2. The average Bonchev–Trinajstić information content (AvgIpc) is 3.46. The van der Waals surface area contributed by atoms with Crippen molar-refractivity contribution >= 4 is 61.7 Å². The highest BCUT2D eigenvalue weighted by Gasteiger charge is 2.13. The van der Waals surface area contributed by atoms with Gasteiger partial charge in [0.1, 0.15) is 0 Å². The van der Waals surface area contributed by atoms with Crippen LogP contribution in [0.4, 0.5) is 17.1 Å². The van der Waals surface area contributed by atoms with Crippen LogP contribution in [0.5, 0.6) is 0 Å². The Morgan fingerprint density at radius 1 is 0.432 bits per heavy atom. The first-order valence-electron chi connectivity index (χ1n) is 15.9. The molecule has 44 heavy (non-hydrogen) atoms. The lowest BCUT2D eigenvalue weighted by Crippen LogP contribution is -2.09. The molecule has 0 fully saturated rings. The molecule has 0 unspecified atom stereocenters. The van der Waals surface area contributed by atoms with Crippen LogP contribution in [0.1, 0.15) is 13.9 Å². The Labute approximate surface area is 260 Å². The van der Waals surface area contributed by atoms with Gasteiger partial charge in [-0.05, 0) is 94.7 Å². The minimum Gasteiger partial charge on any atom is -0.310 e. The fourth-order valence-corrected chi connectivity index (χ4v) is 6.10. The number of para-hydroxylation sites is 4. The molecule has 8 aromatic rings. The zero-order valence-corrected chi connectivity index (χ0v) is 24.1. The highest BCUT2D eigenvalue weighted by molar-refractivity contribution is 6.10. The van der Waals surface area contributed by atoms with E-state index in [1.54, 1.807) is 0 Å². The molecule has 7 aromatic carbocycles. The second kappa shape index (κ2) is 11.1. The third-order valence-corrected chi connectivity index (χ3v) is 8.15. The first kappa shape index (κ1) is 23.7. The number of aromatic nitrogens is 1. The second-order valence-electron chi connectivity index (χ2n) is 10.9. The second-order valence-corrected chi connectivity index (χ2v) is 10.9. The number of fused-ring (bicyclic) bond motifs is 4. The zero-order valence-electron chi connectivity index (χ0n) is 26.1. The quantitative estimate of drug-likeness (QED) is 0.182. The molecule has 0 radical (unpaired) electrons. The maximum atomic E-state index is 9.08. The number of hydrogen-bond donors (Lipinski definition) is 0. The summed E-state index contributed by atoms with van der Waals surface area (Å²) in [6, 6.07) is 58.4. The van der Waals surface area contributed by atoms with Crippen molar-refractivity contribution in [2.24, 2.45) is 0 Å². The Morgan fingerprint density at radius 2 is 0.977 bits per heavy atom. The highest BCUT2D eigenvalue weighted by atomic mass is 15.1. The SMILES string of the molecule is [2H]C(=C([2H])c1ccc2c(c1)c1ccccc1n2-c1ccccc1)c1ccc2cc(N(c3ccccc3)c3ccccc3)ccc2c1. The van der Waals surface area contributed by atoms with E-state index in [0.717, 1.165) is 66.5 Å². The monoisotopic (exact) mass is 564 g/mol. The summed E-state index contributed by atoms with van der Waals surface area (Å²) in [5, 5.41) is 4.31. The molecule has 0 aliphatic rings. The summed E-state index contributed by atoms with van der Waals surface area (Å²) in [4.78, 5) is 2.25. The summed E-state index contributed by atoms with van der Waals surface area (Å²) in [5.41, 5.74) is 7.98. The van der Waals surface area contributed by atoms with Crippen molar-refractivity contribution in [3.05, 3.63) is 181 Å². The number of anilines is 3. The summed E-state index contributed by atoms with van der Waals surface area (Å²) in [6.45, 7) is 0. The van der Waals surface area contributed by atoms with Gasteiger partial charge in [-0.3, -0.25) is 0 Å². The molecule has 0 aliphatic carbocycles. The van der Waals surface area contributed by atoms with Crippen molar-refractivity contribution in [1.82, 2.24) is 4.57 Å². The van der Waals surface area contributed by atoms with Gasteiger partial charge in [-0.25, -0.2) is 0 Å². The van der Waals surface area contributed by atoms with Crippen LogP contribution in [0.2, 0.25) is 0 Å². The van der Waals surface area contributed by atoms with Gasteiger partial charge >= 0.3 is 0 Å². The summed E-state index contributed by atoms with van der Waals surface area (Å²) >= 11 is 0. The Morgan fingerprint density at radius 3 is 1.70 bits per heavy atom. The molecule has 0 spiro atoms. The van der Waals surface area contributed by atoms with Gasteiger partial charge in [0.05, 0.1) is 13.8 Å². The lowest BCUT2D eigenvalue weighted by atomic mass is 10.0. The molecule has 0 saturated carbocycles. The predicted molar refractivity (Wildman–Crippen MR) is 188 cm³/mol. The van der Waals surface area contributed by atoms with E-state index in [0.29, 0.717) is 0 Å². The van der Waals surface area contributed by atoms with Crippen LogP contribution in [-0.2, 0) is 0 Å². The normalized spacial score (nSPS) is 12.6. The first-order chi connectivity index (χ1) is 22.7. The van der Waals surface area contributed by atoms with Crippen LogP contribution in [-0.4, -0.2) is 4.57 Å². The van der Waals surface area contributed by atoms with E-state index in [-0.39, 0.29) is 12.1 Å². The van der Waals surface area contributed by atoms with Crippen molar-refractivity contribution in [3.8, 4) is 5.69 Å². The molecule has 8 rings (SSSR count). The molecule has 0 saturated heterocycles. The molecule has 0 amide bonds. The van der Waals surface area contributed by atoms with E-state index in [4.69, 9.17) is 2.74 Å². The van der Waals surface area contributed by atoms with Gasteiger partial charge < -0.3 is 9.47 Å². The Bertz CT molecular complexity index is 2340. The molecule has 0 aliphatic heterocycles. The molecule has 1 aromatic heterocycles. The maximum Gasteiger partial charge on any atom is 0.0629 e. The van der Waals surface area contributed by atoms with Crippen LogP contribution < -0.4 is 4.90 Å². The topological polar surface area (TPSA) is 8.17 Å². The number of hydrogen-bond acceptors (Lipinski definition) is 1. The molecule has 208 valence electrons. The largest absolute Gasteiger partial charge is 0.310 e. The van der Waals surface area contributed by atoms with Crippen molar-refractivity contribution in [2.75, 3.05) is 4.90 Å². The van der Waals surface area contributed by atoms with Gasteiger partial charge in [-0.2, -0.15) is 0 Å². The smallest absolute Gasteiger partial charge is 0.0629 e. The molecule has 0 bridgehead atoms. The van der Waals surface area contributed by atoms with Gasteiger partial charge in [0.25, 0.3) is 0 Å². The summed E-state index contributed by atoms with van der Waals surface area (Å²) in [5.74, 6) is 0. The zero-order chi connectivity index (χ0) is 31.0. The minimum absolute atomic E-state index is 0.201. The predicted octanol–water partition coefficient (Wildman–Crippen LogP) is 11.6. The van der Waals surface area contributed by atoms with Crippen molar-refractivity contribution in [1.29, 1.82) is 0 Å². The minimum atomic E-state index is 0.201.